The lowest BCUT2D eigenvalue weighted by Gasteiger charge is -2.26. The van der Waals surface area contributed by atoms with Crippen LogP contribution in [0.25, 0.3) is 6.08 Å². The number of amides is 4. The summed E-state index contributed by atoms with van der Waals surface area (Å²) in [5, 5.41) is 3.71. The number of nitrogens with zero attached hydrogens (tertiary/aromatic N) is 1. The van der Waals surface area contributed by atoms with Gasteiger partial charge in [0.05, 0.1) is 10.7 Å². The largest absolute Gasteiger partial charge is 0.489 e. The zero-order valence-electron chi connectivity index (χ0n) is 21.3. The third kappa shape index (κ3) is 6.72. The number of anilines is 1. The monoisotopic (exact) mass is 606 g/mol. The summed E-state index contributed by atoms with van der Waals surface area (Å²) in [7, 11) is 0. The third-order valence-electron chi connectivity index (χ3n) is 6.12. The van der Waals surface area contributed by atoms with Crippen molar-refractivity contribution in [2.24, 2.45) is 0 Å². The number of rotatable bonds is 8. The number of carbonyl (C=O) groups is 3. The van der Waals surface area contributed by atoms with Gasteiger partial charge in [-0.25, -0.2) is 9.69 Å². The maximum absolute atomic E-state index is 13.3. The maximum atomic E-state index is 13.3. The molecule has 1 heterocycles. The van der Waals surface area contributed by atoms with Gasteiger partial charge in [-0.1, -0.05) is 71.2 Å². The predicted octanol–water partition coefficient (Wildman–Crippen LogP) is 7.47. The fraction of sp³-hybridized carbons (Fsp3) is 0.0645. The zero-order valence-corrected chi connectivity index (χ0v) is 23.5. The second kappa shape index (κ2) is 12.5. The summed E-state index contributed by atoms with van der Waals surface area (Å²) in [6.07, 6.45) is 1.37. The Morgan fingerprint density at radius 1 is 0.756 bits per heavy atom. The summed E-state index contributed by atoms with van der Waals surface area (Å²) in [5.74, 6) is -0.645. The van der Waals surface area contributed by atoms with Crippen LogP contribution in [-0.2, 0) is 22.8 Å². The first kappa shape index (κ1) is 28.2. The molecular formula is C31H21Cl3N2O5. The normalized spacial score (nSPS) is 14.3. The molecule has 41 heavy (non-hydrogen) atoms. The Balaban J connectivity index is 1.29. The van der Waals surface area contributed by atoms with Crippen LogP contribution < -0.4 is 19.7 Å². The van der Waals surface area contributed by atoms with Gasteiger partial charge in [0.1, 0.15) is 30.3 Å². The van der Waals surface area contributed by atoms with Crippen molar-refractivity contribution < 1.29 is 23.9 Å². The summed E-state index contributed by atoms with van der Waals surface area (Å²) in [5.41, 5.74) is 2.24. The molecular weight excluding hydrogens is 587 g/mol. The fourth-order valence-corrected chi connectivity index (χ4v) is 4.55. The molecule has 0 saturated carbocycles. The summed E-state index contributed by atoms with van der Waals surface area (Å²) in [4.78, 5) is 39.4. The van der Waals surface area contributed by atoms with E-state index in [9.17, 15) is 14.4 Å². The molecule has 1 aliphatic heterocycles. The first-order chi connectivity index (χ1) is 19.8. The van der Waals surface area contributed by atoms with Crippen LogP contribution in [0.5, 0.6) is 11.5 Å². The highest BCUT2D eigenvalue weighted by atomic mass is 35.5. The molecule has 0 unspecified atom stereocenters. The van der Waals surface area contributed by atoms with Crippen LogP contribution in [-0.4, -0.2) is 17.8 Å². The predicted molar refractivity (Wildman–Crippen MR) is 158 cm³/mol. The average molecular weight is 608 g/mol. The van der Waals surface area contributed by atoms with Crippen LogP contribution in [0, 0.1) is 0 Å². The van der Waals surface area contributed by atoms with Gasteiger partial charge >= 0.3 is 6.03 Å². The van der Waals surface area contributed by atoms with E-state index in [1.807, 2.05) is 30.3 Å². The molecule has 0 aromatic heterocycles. The number of halogens is 3. The third-order valence-corrected chi connectivity index (χ3v) is 7.04. The summed E-state index contributed by atoms with van der Waals surface area (Å²) < 4.78 is 11.6. The maximum Gasteiger partial charge on any atom is 0.335 e. The first-order valence-corrected chi connectivity index (χ1v) is 13.5. The minimum Gasteiger partial charge on any atom is -0.489 e. The first-order valence-electron chi connectivity index (χ1n) is 12.3. The zero-order chi connectivity index (χ0) is 28.9. The van der Waals surface area contributed by atoms with Crippen molar-refractivity contribution in [1.82, 2.24) is 5.32 Å². The molecule has 4 aromatic carbocycles. The summed E-state index contributed by atoms with van der Waals surface area (Å²) >= 11 is 18.5. The van der Waals surface area contributed by atoms with E-state index in [1.54, 1.807) is 60.7 Å². The van der Waals surface area contributed by atoms with Crippen LogP contribution in [0.15, 0.2) is 96.6 Å². The van der Waals surface area contributed by atoms with Crippen molar-refractivity contribution in [2.75, 3.05) is 4.90 Å². The van der Waals surface area contributed by atoms with Crippen molar-refractivity contribution in [3.63, 3.8) is 0 Å². The van der Waals surface area contributed by atoms with Crippen molar-refractivity contribution >= 4 is 64.4 Å². The van der Waals surface area contributed by atoms with E-state index in [4.69, 9.17) is 44.3 Å². The molecule has 1 fully saturated rings. The molecule has 10 heteroatoms. The van der Waals surface area contributed by atoms with E-state index in [-0.39, 0.29) is 29.5 Å². The number of nitrogens with one attached hydrogen (secondary N) is 1. The van der Waals surface area contributed by atoms with E-state index >= 15 is 0 Å². The van der Waals surface area contributed by atoms with Gasteiger partial charge in [0.15, 0.2) is 0 Å². The molecule has 7 nitrogen and oxygen atoms in total. The summed E-state index contributed by atoms with van der Waals surface area (Å²) in [6.45, 7) is 0.524. The molecule has 4 aromatic rings. The van der Waals surface area contributed by atoms with Crippen LogP contribution in [0.3, 0.4) is 0 Å². The highest BCUT2D eigenvalue weighted by molar-refractivity contribution is 6.39. The lowest BCUT2D eigenvalue weighted by atomic mass is 10.1. The van der Waals surface area contributed by atoms with Crippen molar-refractivity contribution in [2.45, 2.75) is 13.2 Å². The Morgan fingerprint density at radius 3 is 2.20 bits per heavy atom. The molecule has 206 valence electrons. The number of hydrogen-bond donors (Lipinski definition) is 1. The Labute approximate surface area is 250 Å². The smallest absolute Gasteiger partial charge is 0.335 e. The number of carbonyl (C=O) groups excluding carboxylic acids is 3. The standard InChI is InChI=1S/C31H21Cl3N2O5/c32-22-8-5-19(6-9-22)17-41-28-14-7-20(16-27(28)34)15-25-29(37)35-31(39)36(30(25)38)23-10-12-24(13-11-23)40-18-21-3-1-2-4-26(21)33/h1-16H,17-18H2,(H,35,37,39)/b25-15+. The second-order valence-corrected chi connectivity index (χ2v) is 10.2. The fourth-order valence-electron chi connectivity index (χ4n) is 3.99. The SMILES string of the molecule is O=C1NC(=O)N(c2ccc(OCc3ccccc3Cl)cc2)C(=O)/C1=C/c1ccc(OCc2ccc(Cl)cc2)c(Cl)c1. The van der Waals surface area contributed by atoms with Gasteiger partial charge in [-0.15, -0.1) is 0 Å². The Hall–Kier alpha value is -4.30. The van der Waals surface area contributed by atoms with Crippen molar-refractivity contribution in [1.29, 1.82) is 0 Å². The quantitative estimate of drug-likeness (QED) is 0.166. The number of barbiturate groups is 1. The Kier molecular flexibility index (Phi) is 8.59. The van der Waals surface area contributed by atoms with Gasteiger partial charge in [-0.2, -0.15) is 0 Å². The topological polar surface area (TPSA) is 84.9 Å². The number of urea groups is 1. The number of imide groups is 2. The molecule has 0 atom stereocenters. The molecule has 1 aliphatic rings. The van der Waals surface area contributed by atoms with E-state index in [1.165, 1.54) is 6.08 Å². The molecule has 0 aliphatic carbocycles. The van der Waals surface area contributed by atoms with E-state index in [2.05, 4.69) is 5.32 Å². The molecule has 1 N–H and O–H groups in total. The van der Waals surface area contributed by atoms with Crippen LogP contribution in [0.4, 0.5) is 10.5 Å². The van der Waals surface area contributed by atoms with Crippen molar-refractivity contribution in [3.8, 4) is 11.5 Å². The highest BCUT2D eigenvalue weighted by Crippen LogP contribution is 2.29. The minimum atomic E-state index is -0.856. The van der Waals surface area contributed by atoms with E-state index < -0.39 is 17.8 Å². The van der Waals surface area contributed by atoms with Gasteiger partial charge in [0, 0.05) is 15.6 Å². The van der Waals surface area contributed by atoms with Gasteiger partial charge in [0.2, 0.25) is 0 Å². The van der Waals surface area contributed by atoms with Crippen LogP contribution in [0.2, 0.25) is 15.1 Å². The van der Waals surface area contributed by atoms with Gasteiger partial charge < -0.3 is 9.47 Å². The molecule has 0 radical (unpaired) electrons. The van der Waals surface area contributed by atoms with Crippen molar-refractivity contribution in [3.05, 3.63) is 128 Å². The van der Waals surface area contributed by atoms with Gasteiger partial charge in [0.25, 0.3) is 11.8 Å². The number of benzene rings is 4. The van der Waals surface area contributed by atoms with Gasteiger partial charge in [-0.05, 0) is 71.8 Å². The average Bonchev–Trinajstić information content (AvgIpc) is 2.96. The number of ether oxygens (including phenoxy) is 2. The lowest BCUT2D eigenvalue weighted by molar-refractivity contribution is -0.122. The van der Waals surface area contributed by atoms with Crippen LogP contribution in [0.1, 0.15) is 16.7 Å². The second-order valence-electron chi connectivity index (χ2n) is 8.94. The number of hydrogen-bond acceptors (Lipinski definition) is 5. The van der Waals surface area contributed by atoms with Crippen LogP contribution >= 0.6 is 34.8 Å². The van der Waals surface area contributed by atoms with E-state index in [0.717, 1.165) is 16.0 Å². The lowest BCUT2D eigenvalue weighted by Crippen LogP contribution is -2.54. The molecule has 5 rings (SSSR count). The molecule has 4 amide bonds. The molecule has 0 spiro atoms. The molecule has 0 bridgehead atoms. The summed E-state index contributed by atoms with van der Waals surface area (Å²) in [6, 6.07) is 24.9. The van der Waals surface area contributed by atoms with Gasteiger partial charge in [-0.3, -0.25) is 14.9 Å². The Morgan fingerprint density at radius 2 is 1.49 bits per heavy atom. The Bertz CT molecular complexity index is 1650. The van der Waals surface area contributed by atoms with E-state index in [0.29, 0.717) is 27.1 Å². The highest BCUT2D eigenvalue weighted by Gasteiger charge is 2.36. The molecule has 1 saturated heterocycles. The minimum absolute atomic E-state index is 0.227.